The molecule has 29 heavy (non-hydrogen) atoms. The molecule has 3 heterocycles. The molecule has 0 aliphatic carbocycles. The Morgan fingerprint density at radius 2 is 1.41 bits per heavy atom. The molecule has 0 spiro atoms. The molecular weight excluding hydrogens is 364 g/mol. The number of likely N-dealkylation sites (tertiary alicyclic amines) is 1. The molecule has 4 rings (SSSR count). The number of rotatable bonds is 4. The van der Waals surface area contributed by atoms with Crippen LogP contribution in [0.15, 0.2) is 41.2 Å². The molecule has 2 aliphatic rings. The lowest BCUT2D eigenvalue weighted by atomic mass is 10.1. The predicted octanol–water partition coefficient (Wildman–Crippen LogP) is 3.30. The summed E-state index contributed by atoms with van der Waals surface area (Å²) >= 11 is 0. The van der Waals surface area contributed by atoms with Crippen LogP contribution in [0.5, 0.6) is 0 Å². The number of carbonyl (C=O) groups excluding carboxylic acids is 1. The first-order valence-electron chi connectivity index (χ1n) is 10.9. The van der Waals surface area contributed by atoms with Crippen molar-refractivity contribution in [3.63, 3.8) is 0 Å². The zero-order chi connectivity index (χ0) is 20.1. The summed E-state index contributed by atoms with van der Waals surface area (Å²) in [5.74, 6) is -0.0147. The van der Waals surface area contributed by atoms with Crippen LogP contribution in [-0.2, 0) is 11.3 Å². The molecule has 2 aliphatic heterocycles. The predicted molar refractivity (Wildman–Crippen MR) is 115 cm³/mol. The summed E-state index contributed by atoms with van der Waals surface area (Å²) < 4.78 is 1.31. The summed E-state index contributed by atoms with van der Waals surface area (Å²) in [6.07, 6.45) is 8.24. The number of carbonyl (C=O) groups is 1. The van der Waals surface area contributed by atoms with Crippen molar-refractivity contribution in [3.05, 3.63) is 46.8 Å². The van der Waals surface area contributed by atoms with E-state index in [9.17, 15) is 9.59 Å². The Morgan fingerprint density at radius 1 is 0.793 bits per heavy atom. The van der Waals surface area contributed by atoms with Gasteiger partial charge in [0.05, 0.1) is 5.69 Å². The largest absolute Gasteiger partial charge is 0.372 e. The van der Waals surface area contributed by atoms with Crippen molar-refractivity contribution < 1.29 is 4.79 Å². The Labute approximate surface area is 172 Å². The summed E-state index contributed by atoms with van der Waals surface area (Å²) in [4.78, 5) is 29.2. The molecule has 1 aromatic heterocycles. The van der Waals surface area contributed by atoms with Crippen molar-refractivity contribution in [2.24, 2.45) is 0 Å². The standard InChI is InChI=1S/C23H30N4O2/c28-22-13-12-21(19-8-10-20(11-9-19)25-14-6-3-7-15-25)24-27(22)18-23(29)26-16-4-1-2-5-17-26/h8-13H,1-7,14-18H2. The van der Waals surface area contributed by atoms with Crippen LogP contribution in [0.3, 0.4) is 0 Å². The number of benzene rings is 1. The maximum Gasteiger partial charge on any atom is 0.267 e. The minimum atomic E-state index is -0.234. The van der Waals surface area contributed by atoms with Gasteiger partial charge in [-0.15, -0.1) is 0 Å². The smallest absolute Gasteiger partial charge is 0.267 e. The Bertz CT molecular complexity index is 876. The van der Waals surface area contributed by atoms with Gasteiger partial charge in [0.1, 0.15) is 6.54 Å². The van der Waals surface area contributed by atoms with Crippen LogP contribution in [0.1, 0.15) is 44.9 Å². The van der Waals surface area contributed by atoms with Gasteiger partial charge in [0, 0.05) is 43.5 Å². The zero-order valence-corrected chi connectivity index (χ0v) is 17.1. The van der Waals surface area contributed by atoms with E-state index >= 15 is 0 Å². The van der Waals surface area contributed by atoms with Gasteiger partial charge in [-0.25, -0.2) is 4.68 Å². The molecule has 0 atom stereocenters. The van der Waals surface area contributed by atoms with Gasteiger partial charge in [-0.1, -0.05) is 25.0 Å². The van der Waals surface area contributed by atoms with Crippen molar-refractivity contribution in [2.75, 3.05) is 31.1 Å². The van der Waals surface area contributed by atoms with Crippen LogP contribution in [0.4, 0.5) is 5.69 Å². The third-order valence-electron chi connectivity index (χ3n) is 5.99. The zero-order valence-electron chi connectivity index (χ0n) is 17.1. The minimum absolute atomic E-state index is 0.0124. The van der Waals surface area contributed by atoms with Gasteiger partial charge in [-0.2, -0.15) is 5.10 Å². The quantitative estimate of drug-likeness (QED) is 0.798. The molecule has 0 unspecified atom stereocenters. The van der Waals surface area contributed by atoms with Crippen LogP contribution in [0.25, 0.3) is 11.3 Å². The van der Waals surface area contributed by atoms with Crippen LogP contribution < -0.4 is 10.5 Å². The highest BCUT2D eigenvalue weighted by molar-refractivity contribution is 5.76. The number of piperidine rings is 1. The Hall–Kier alpha value is -2.63. The SMILES string of the molecule is O=C(Cn1nc(-c2ccc(N3CCCCC3)cc2)ccc1=O)N1CCCCCC1. The average Bonchev–Trinajstić information content (AvgIpc) is 3.06. The first-order chi connectivity index (χ1) is 14.2. The Balaban J connectivity index is 1.48. The Kier molecular flexibility index (Phi) is 6.27. The Morgan fingerprint density at radius 3 is 2.10 bits per heavy atom. The summed E-state index contributed by atoms with van der Waals surface area (Å²) in [6, 6.07) is 11.6. The van der Waals surface area contributed by atoms with Gasteiger partial charge >= 0.3 is 0 Å². The monoisotopic (exact) mass is 394 g/mol. The summed E-state index contributed by atoms with van der Waals surface area (Å²) in [6.45, 7) is 3.80. The van der Waals surface area contributed by atoms with E-state index in [-0.39, 0.29) is 18.0 Å². The molecule has 0 radical (unpaired) electrons. The van der Waals surface area contributed by atoms with E-state index in [4.69, 9.17) is 0 Å². The maximum absolute atomic E-state index is 12.7. The second-order valence-electron chi connectivity index (χ2n) is 8.10. The lowest BCUT2D eigenvalue weighted by molar-refractivity contribution is -0.132. The molecule has 0 saturated carbocycles. The van der Waals surface area contributed by atoms with E-state index in [0.717, 1.165) is 50.3 Å². The maximum atomic E-state index is 12.7. The van der Waals surface area contributed by atoms with Gasteiger partial charge in [0.25, 0.3) is 5.56 Å². The molecule has 6 heteroatoms. The number of nitrogens with zero attached hydrogens (tertiary/aromatic N) is 4. The fourth-order valence-corrected chi connectivity index (χ4v) is 4.26. The highest BCUT2D eigenvalue weighted by Gasteiger charge is 2.17. The topological polar surface area (TPSA) is 58.4 Å². The van der Waals surface area contributed by atoms with Crippen LogP contribution in [0.2, 0.25) is 0 Å². The van der Waals surface area contributed by atoms with Crippen LogP contribution in [-0.4, -0.2) is 46.8 Å². The third-order valence-corrected chi connectivity index (χ3v) is 5.99. The van der Waals surface area contributed by atoms with E-state index < -0.39 is 0 Å². The molecule has 154 valence electrons. The minimum Gasteiger partial charge on any atom is -0.372 e. The molecule has 0 bridgehead atoms. The number of hydrogen-bond acceptors (Lipinski definition) is 4. The van der Waals surface area contributed by atoms with Gasteiger partial charge in [-0.3, -0.25) is 9.59 Å². The van der Waals surface area contributed by atoms with Crippen molar-refractivity contribution >= 4 is 11.6 Å². The van der Waals surface area contributed by atoms with Crippen molar-refractivity contribution in [1.29, 1.82) is 0 Å². The van der Waals surface area contributed by atoms with Crippen LogP contribution >= 0.6 is 0 Å². The van der Waals surface area contributed by atoms with Crippen molar-refractivity contribution in [2.45, 2.75) is 51.5 Å². The van der Waals surface area contributed by atoms with E-state index in [1.165, 1.54) is 48.5 Å². The second-order valence-corrected chi connectivity index (χ2v) is 8.10. The molecule has 2 fully saturated rings. The van der Waals surface area contributed by atoms with E-state index in [0.29, 0.717) is 0 Å². The molecule has 0 N–H and O–H groups in total. The second kappa shape index (κ2) is 9.25. The van der Waals surface area contributed by atoms with Gasteiger partial charge in [0.2, 0.25) is 5.91 Å². The highest BCUT2D eigenvalue weighted by atomic mass is 16.2. The summed E-state index contributed by atoms with van der Waals surface area (Å²) in [7, 11) is 0. The first-order valence-corrected chi connectivity index (χ1v) is 10.9. The van der Waals surface area contributed by atoms with E-state index in [1.807, 2.05) is 4.90 Å². The fraction of sp³-hybridized carbons (Fsp3) is 0.522. The number of hydrogen-bond donors (Lipinski definition) is 0. The molecule has 2 aromatic rings. The highest BCUT2D eigenvalue weighted by Crippen LogP contribution is 2.23. The third kappa shape index (κ3) is 4.86. The summed E-state index contributed by atoms with van der Waals surface area (Å²) in [5, 5.41) is 4.49. The van der Waals surface area contributed by atoms with Gasteiger partial charge in [0.15, 0.2) is 0 Å². The lowest BCUT2D eigenvalue weighted by Crippen LogP contribution is -2.37. The molecular formula is C23H30N4O2. The number of amides is 1. The average molecular weight is 395 g/mol. The van der Waals surface area contributed by atoms with E-state index in [2.05, 4.69) is 34.3 Å². The normalized spacial score (nSPS) is 17.8. The molecule has 1 aromatic carbocycles. The van der Waals surface area contributed by atoms with Gasteiger partial charge < -0.3 is 9.80 Å². The molecule has 6 nitrogen and oxygen atoms in total. The van der Waals surface area contributed by atoms with Crippen molar-refractivity contribution in [3.8, 4) is 11.3 Å². The van der Waals surface area contributed by atoms with E-state index in [1.54, 1.807) is 6.07 Å². The van der Waals surface area contributed by atoms with Crippen LogP contribution in [0, 0.1) is 0 Å². The molecule has 2 saturated heterocycles. The molecule has 1 amide bonds. The fourth-order valence-electron chi connectivity index (χ4n) is 4.26. The number of anilines is 1. The van der Waals surface area contributed by atoms with Gasteiger partial charge in [-0.05, 0) is 50.3 Å². The first kappa shape index (κ1) is 19.7. The number of aromatic nitrogens is 2. The lowest BCUT2D eigenvalue weighted by Gasteiger charge is -2.28. The van der Waals surface area contributed by atoms with Crippen molar-refractivity contribution in [1.82, 2.24) is 14.7 Å². The summed E-state index contributed by atoms with van der Waals surface area (Å²) in [5.41, 5.74) is 2.68.